The van der Waals surface area contributed by atoms with Crippen LogP contribution in [0.1, 0.15) is 44.7 Å². The molecule has 0 aliphatic rings. The molecule has 0 aliphatic carbocycles. The highest BCUT2D eigenvalue weighted by Gasteiger charge is 2.21. The number of amides is 1. The van der Waals surface area contributed by atoms with E-state index >= 15 is 0 Å². The lowest BCUT2D eigenvalue weighted by atomic mass is 9.96. The fraction of sp³-hybridized carbons (Fsp3) is 0.500. The highest BCUT2D eigenvalue weighted by molar-refractivity contribution is 5.75. The number of nitrogens with zero attached hydrogens (tertiary/aromatic N) is 2. The number of hydrogen-bond acceptors (Lipinski definition) is 5. The Kier molecular flexibility index (Phi) is 4.22. The summed E-state index contributed by atoms with van der Waals surface area (Å²) in [4.78, 5) is 16.0. The van der Waals surface area contributed by atoms with Crippen LogP contribution in [0.15, 0.2) is 27.3 Å². The Morgan fingerprint density at radius 2 is 2.20 bits per heavy atom. The van der Waals surface area contributed by atoms with Crippen LogP contribution in [-0.2, 0) is 23.2 Å². The van der Waals surface area contributed by atoms with E-state index in [4.69, 9.17) is 8.94 Å². The summed E-state index contributed by atoms with van der Waals surface area (Å²) in [6.07, 6.45) is 2.33. The van der Waals surface area contributed by atoms with Gasteiger partial charge in [-0.2, -0.15) is 4.98 Å². The van der Waals surface area contributed by atoms with Gasteiger partial charge in [-0.15, -0.1) is 0 Å². The van der Waals surface area contributed by atoms with Crippen LogP contribution in [0.2, 0.25) is 0 Å². The zero-order valence-electron chi connectivity index (χ0n) is 12.0. The molecule has 0 aromatic carbocycles. The lowest BCUT2D eigenvalue weighted by molar-refractivity contribution is -0.121. The standard InChI is InChI=1S/C14H19N3O3/c1-14(2,3)13-16-12(20-17-13)7-6-11(18)15-9-10-5-4-8-19-10/h4-5,8H,6-7,9H2,1-3H3,(H,15,18). The first-order valence-corrected chi connectivity index (χ1v) is 6.57. The number of carbonyl (C=O) groups is 1. The van der Waals surface area contributed by atoms with E-state index in [9.17, 15) is 4.79 Å². The summed E-state index contributed by atoms with van der Waals surface area (Å²) in [5.74, 6) is 1.80. The van der Waals surface area contributed by atoms with Crippen LogP contribution >= 0.6 is 0 Å². The predicted molar refractivity (Wildman–Crippen MR) is 71.9 cm³/mol. The summed E-state index contributed by atoms with van der Waals surface area (Å²) in [7, 11) is 0. The maximum Gasteiger partial charge on any atom is 0.227 e. The van der Waals surface area contributed by atoms with Crippen molar-refractivity contribution < 1.29 is 13.7 Å². The molecule has 0 atom stereocenters. The lowest BCUT2D eigenvalue weighted by Gasteiger charge is -2.10. The third kappa shape index (κ3) is 3.94. The van der Waals surface area contributed by atoms with Crippen LogP contribution in [0.4, 0.5) is 0 Å². The predicted octanol–water partition coefficient (Wildman–Crippen LogP) is 2.21. The smallest absolute Gasteiger partial charge is 0.227 e. The summed E-state index contributed by atoms with van der Waals surface area (Å²) >= 11 is 0. The summed E-state index contributed by atoms with van der Waals surface area (Å²) in [6, 6.07) is 3.60. The Labute approximate surface area is 117 Å². The van der Waals surface area contributed by atoms with Crippen molar-refractivity contribution in [3.8, 4) is 0 Å². The first-order chi connectivity index (χ1) is 9.45. The van der Waals surface area contributed by atoms with Crippen LogP contribution in [-0.4, -0.2) is 16.0 Å². The van der Waals surface area contributed by atoms with Gasteiger partial charge in [0, 0.05) is 18.3 Å². The monoisotopic (exact) mass is 277 g/mol. The van der Waals surface area contributed by atoms with E-state index in [1.54, 1.807) is 12.3 Å². The van der Waals surface area contributed by atoms with Gasteiger partial charge in [-0.3, -0.25) is 4.79 Å². The van der Waals surface area contributed by atoms with E-state index in [1.807, 2.05) is 26.8 Å². The Hall–Kier alpha value is -2.11. The van der Waals surface area contributed by atoms with Gasteiger partial charge in [0.25, 0.3) is 0 Å². The third-order valence-electron chi connectivity index (χ3n) is 2.74. The van der Waals surface area contributed by atoms with E-state index in [1.165, 1.54) is 0 Å². The molecule has 1 N–H and O–H groups in total. The number of furan rings is 1. The second-order valence-electron chi connectivity index (χ2n) is 5.62. The molecule has 2 aromatic rings. The van der Waals surface area contributed by atoms with Crippen molar-refractivity contribution in [2.45, 2.75) is 45.6 Å². The van der Waals surface area contributed by atoms with Gasteiger partial charge in [0.05, 0.1) is 12.8 Å². The molecular formula is C14H19N3O3. The molecule has 0 spiro atoms. The fourth-order valence-electron chi connectivity index (χ4n) is 1.57. The van der Waals surface area contributed by atoms with Gasteiger partial charge in [0.15, 0.2) is 5.82 Å². The average Bonchev–Trinajstić information content (AvgIpc) is 3.04. The SMILES string of the molecule is CC(C)(C)c1noc(CCC(=O)NCc2ccco2)n1. The van der Waals surface area contributed by atoms with Gasteiger partial charge in [-0.05, 0) is 12.1 Å². The highest BCUT2D eigenvalue weighted by atomic mass is 16.5. The van der Waals surface area contributed by atoms with Crippen LogP contribution < -0.4 is 5.32 Å². The summed E-state index contributed by atoms with van der Waals surface area (Å²) in [5, 5.41) is 6.69. The topological polar surface area (TPSA) is 81.2 Å². The molecular weight excluding hydrogens is 258 g/mol. The fourth-order valence-corrected chi connectivity index (χ4v) is 1.57. The first-order valence-electron chi connectivity index (χ1n) is 6.57. The van der Waals surface area contributed by atoms with Gasteiger partial charge in [-0.1, -0.05) is 25.9 Å². The van der Waals surface area contributed by atoms with E-state index in [2.05, 4.69) is 15.5 Å². The molecule has 2 rings (SSSR count). The molecule has 2 heterocycles. The van der Waals surface area contributed by atoms with Gasteiger partial charge < -0.3 is 14.3 Å². The van der Waals surface area contributed by atoms with Crippen molar-refractivity contribution >= 4 is 5.91 Å². The molecule has 6 nitrogen and oxygen atoms in total. The second kappa shape index (κ2) is 5.90. The molecule has 1 amide bonds. The maximum atomic E-state index is 11.7. The Balaban J connectivity index is 1.77. The number of hydrogen-bond donors (Lipinski definition) is 1. The highest BCUT2D eigenvalue weighted by Crippen LogP contribution is 2.18. The molecule has 6 heteroatoms. The third-order valence-corrected chi connectivity index (χ3v) is 2.74. The van der Waals surface area contributed by atoms with Crippen LogP contribution in [0.3, 0.4) is 0 Å². The number of aryl methyl sites for hydroxylation is 1. The normalized spacial score (nSPS) is 11.6. The van der Waals surface area contributed by atoms with E-state index < -0.39 is 0 Å². The minimum Gasteiger partial charge on any atom is -0.467 e. The molecule has 0 radical (unpaired) electrons. The second-order valence-corrected chi connectivity index (χ2v) is 5.62. The van der Waals surface area contributed by atoms with Gasteiger partial charge in [0.2, 0.25) is 11.8 Å². The van der Waals surface area contributed by atoms with Crippen molar-refractivity contribution in [2.24, 2.45) is 0 Å². The molecule has 0 aliphatic heterocycles. The number of rotatable bonds is 5. The summed E-state index contributed by atoms with van der Waals surface area (Å²) in [6.45, 7) is 6.43. The van der Waals surface area contributed by atoms with Crippen molar-refractivity contribution in [3.05, 3.63) is 35.9 Å². The van der Waals surface area contributed by atoms with Crippen molar-refractivity contribution in [1.29, 1.82) is 0 Å². The lowest BCUT2D eigenvalue weighted by Crippen LogP contribution is -2.22. The minimum absolute atomic E-state index is 0.0723. The van der Waals surface area contributed by atoms with Crippen LogP contribution in [0.5, 0.6) is 0 Å². The number of nitrogens with one attached hydrogen (secondary N) is 1. The van der Waals surface area contributed by atoms with Crippen LogP contribution in [0.25, 0.3) is 0 Å². The molecule has 0 fully saturated rings. The van der Waals surface area contributed by atoms with E-state index in [0.717, 1.165) is 5.76 Å². The largest absolute Gasteiger partial charge is 0.467 e. The Morgan fingerprint density at radius 3 is 2.80 bits per heavy atom. The maximum absolute atomic E-state index is 11.7. The first kappa shape index (κ1) is 14.3. The Bertz CT molecular complexity index is 552. The zero-order valence-corrected chi connectivity index (χ0v) is 12.0. The van der Waals surface area contributed by atoms with E-state index in [0.29, 0.717) is 31.1 Å². The number of carbonyl (C=O) groups excluding carboxylic acids is 1. The molecule has 0 unspecified atom stereocenters. The molecule has 2 aromatic heterocycles. The van der Waals surface area contributed by atoms with Crippen molar-refractivity contribution in [2.75, 3.05) is 0 Å². The summed E-state index contributed by atoms with van der Waals surface area (Å²) < 4.78 is 10.3. The Morgan fingerprint density at radius 1 is 1.40 bits per heavy atom. The summed E-state index contributed by atoms with van der Waals surface area (Å²) in [5.41, 5.74) is -0.150. The van der Waals surface area contributed by atoms with Crippen LogP contribution in [0, 0.1) is 0 Å². The molecule has 0 saturated carbocycles. The molecule has 20 heavy (non-hydrogen) atoms. The van der Waals surface area contributed by atoms with Gasteiger partial charge >= 0.3 is 0 Å². The average molecular weight is 277 g/mol. The molecule has 0 saturated heterocycles. The van der Waals surface area contributed by atoms with Gasteiger partial charge in [-0.25, -0.2) is 0 Å². The minimum atomic E-state index is -0.150. The molecule has 0 bridgehead atoms. The van der Waals surface area contributed by atoms with Crippen molar-refractivity contribution in [1.82, 2.24) is 15.5 Å². The van der Waals surface area contributed by atoms with E-state index in [-0.39, 0.29) is 11.3 Å². The van der Waals surface area contributed by atoms with Gasteiger partial charge in [0.1, 0.15) is 5.76 Å². The zero-order chi connectivity index (χ0) is 14.6. The molecule has 108 valence electrons. The van der Waals surface area contributed by atoms with Crippen molar-refractivity contribution in [3.63, 3.8) is 0 Å². The number of aromatic nitrogens is 2. The quantitative estimate of drug-likeness (QED) is 0.906.